The molecule has 0 fully saturated rings. The molecule has 0 saturated carbocycles. The molecule has 0 atom stereocenters. The Bertz CT molecular complexity index is 3880. The summed E-state index contributed by atoms with van der Waals surface area (Å²) < 4.78 is 84.1. The van der Waals surface area contributed by atoms with E-state index in [1.54, 1.807) is 24.3 Å². The van der Waals surface area contributed by atoms with Gasteiger partial charge in [0.2, 0.25) is 0 Å². The van der Waals surface area contributed by atoms with Crippen LogP contribution < -0.4 is 4.90 Å². The van der Waals surface area contributed by atoms with E-state index in [2.05, 4.69) is 150 Å². The molecule has 11 aromatic carbocycles. The lowest BCUT2D eigenvalue weighted by molar-refractivity contribution is 0.769. The second-order valence-corrected chi connectivity index (χ2v) is 16.5. The molecule has 0 N–H and O–H groups in total. The van der Waals surface area contributed by atoms with Crippen LogP contribution in [0.2, 0.25) is 0 Å². The molecule has 0 heterocycles. The van der Waals surface area contributed by atoms with E-state index in [9.17, 15) is 0 Å². The zero-order chi connectivity index (χ0) is 52.6. The molecule has 1 aliphatic rings. The van der Waals surface area contributed by atoms with Gasteiger partial charge in [0.25, 0.3) is 0 Å². The van der Waals surface area contributed by atoms with Crippen LogP contribution in [0.3, 0.4) is 0 Å². The summed E-state index contributed by atoms with van der Waals surface area (Å²) >= 11 is 0. The molecule has 0 amide bonds. The third kappa shape index (κ3) is 6.64. The van der Waals surface area contributed by atoms with Crippen molar-refractivity contribution in [1.82, 2.24) is 0 Å². The average molecular weight is 850 g/mol. The van der Waals surface area contributed by atoms with Crippen LogP contribution in [0.5, 0.6) is 0 Å². The first kappa shape index (κ1) is 29.8. The van der Waals surface area contributed by atoms with Crippen LogP contribution >= 0.6 is 0 Å². The summed E-state index contributed by atoms with van der Waals surface area (Å²) in [5.41, 5.74) is 14.5. The van der Waals surface area contributed by atoms with Gasteiger partial charge in [-0.2, -0.15) is 0 Å². The molecule has 310 valence electrons. The molecular formula is C65H45N. The van der Waals surface area contributed by atoms with E-state index in [1.807, 2.05) is 42.5 Å². The molecule has 1 aliphatic carbocycles. The van der Waals surface area contributed by atoms with Crippen LogP contribution in [0.15, 0.2) is 273 Å². The molecule has 11 aromatic rings. The molecule has 66 heavy (non-hydrogen) atoms. The van der Waals surface area contributed by atoms with Crippen molar-refractivity contribution in [3.05, 3.63) is 295 Å². The Morgan fingerprint density at radius 2 is 0.758 bits per heavy atom. The maximum atomic E-state index is 8.66. The molecule has 0 radical (unpaired) electrons. The highest BCUT2D eigenvalue weighted by atomic mass is 15.1. The topological polar surface area (TPSA) is 3.24 Å². The first-order chi connectivity index (χ1) is 36.9. The van der Waals surface area contributed by atoms with Crippen LogP contribution in [0.1, 0.15) is 36.0 Å². The summed E-state index contributed by atoms with van der Waals surface area (Å²) in [5.74, 6) is 0. The second-order valence-electron chi connectivity index (χ2n) is 16.5. The van der Waals surface area contributed by atoms with Crippen molar-refractivity contribution >= 4 is 27.8 Å². The fourth-order valence-electron chi connectivity index (χ4n) is 9.98. The number of benzene rings is 11. The smallest absolute Gasteiger partial charge is 0.0713 e. The summed E-state index contributed by atoms with van der Waals surface area (Å²) in [6.07, 6.45) is 0. The van der Waals surface area contributed by atoms with Crippen molar-refractivity contribution in [2.24, 2.45) is 0 Å². The Morgan fingerprint density at radius 1 is 0.303 bits per heavy atom. The quantitative estimate of drug-likeness (QED) is 0.140. The summed E-state index contributed by atoms with van der Waals surface area (Å²) in [7, 11) is 0. The Labute approximate surface area is 401 Å². The third-order valence-corrected chi connectivity index (χ3v) is 13.0. The molecule has 0 saturated heterocycles. The Kier molecular flexibility index (Phi) is 7.47. The number of nitrogens with zero attached hydrogens (tertiary/aromatic N) is 1. The van der Waals surface area contributed by atoms with Crippen LogP contribution in [-0.2, 0) is 5.41 Å². The van der Waals surface area contributed by atoms with Gasteiger partial charge in [-0.05, 0) is 120 Å². The standard InChI is InChI=1S/C65H45N/c1-5-17-46(18-6-1)48-35-40-55(41-36-48)66(56-42-37-49(38-43-56)47-19-7-2-8-20-47)64-30-16-27-58-57(26-15-28-61(58)64)51-33-31-50(32-34-51)52-39-44-60-59-25-13-14-29-62(59)65(63(60)45-52,53-21-9-3-10-22-53)54-23-11-4-12-24-54/h1-45H/i1D,2D,5D,6D,7D,8D,17D,18D,19D,20D. The van der Waals surface area contributed by atoms with Gasteiger partial charge in [-0.3, -0.25) is 0 Å². The predicted octanol–water partition coefficient (Wildman–Crippen LogP) is 17.3. The Balaban J connectivity index is 0.956. The Morgan fingerprint density at radius 3 is 1.36 bits per heavy atom. The second kappa shape index (κ2) is 16.6. The molecule has 0 bridgehead atoms. The van der Waals surface area contributed by atoms with Gasteiger partial charge in [0.05, 0.1) is 24.8 Å². The predicted molar refractivity (Wildman–Crippen MR) is 278 cm³/mol. The van der Waals surface area contributed by atoms with Crippen molar-refractivity contribution in [1.29, 1.82) is 0 Å². The molecule has 1 nitrogen and oxygen atoms in total. The average Bonchev–Trinajstić information content (AvgIpc) is 3.97. The van der Waals surface area contributed by atoms with Crippen molar-refractivity contribution in [3.63, 3.8) is 0 Å². The van der Waals surface area contributed by atoms with E-state index in [1.165, 1.54) is 33.4 Å². The summed E-state index contributed by atoms with van der Waals surface area (Å²) in [5, 5.41) is 1.93. The van der Waals surface area contributed by atoms with E-state index in [0.29, 0.717) is 22.5 Å². The molecule has 0 aliphatic heterocycles. The van der Waals surface area contributed by atoms with Crippen LogP contribution in [0, 0.1) is 0 Å². The fraction of sp³-hybridized carbons (Fsp3) is 0.0154. The van der Waals surface area contributed by atoms with Crippen LogP contribution in [0.25, 0.3) is 66.4 Å². The van der Waals surface area contributed by atoms with E-state index in [0.717, 1.165) is 38.7 Å². The van der Waals surface area contributed by atoms with Crippen molar-refractivity contribution < 1.29 is 13.7 Å². The monoisotopic (exact) mass is 849 g/mol. The van der Waals surface area contributed by atoms with Crippen LogP contribution in [0.4, 0.5) is 17.1 Å². The lowest BCUT2D eigenvalue weighted by atomic mass is 9.67. The highest BCUT2D eigenvalue weighted by Crippen LogP contribution is 2.56. The number of hydrogen-bond donors (Lipinski definition) is 0. The molecule has 0 spiro atoms. The number of anilines is 3. The number of fused-ring (bicyclic) bond motifs is 4. The van der Waals surface area contributed by atoms with Gasteiger partial charge < -0.3 is 4.90 Å². The molecule has 12 rings (SSSR count). The number of hydrogen-bond acceptors (Lipinski definition) is 1. The van der Waals surface area contributed by atoms with Gasteiger partial charge in [0.1, 0.15) is 0 Å². The minimum absolute atomic E-state index is 0.0992. The minimum Gasteiger partial charge on any atom is -0.310 e. The fourth-order valence-corrected chi connectivity index (χ4v) is 9.98. The highest BCUT2D eigenvalue weighted by molar-refractivity contribution is 6.06. The van der Waals surface area contributed by atoms with Crippen molar-refractivity contribution in [2.45, 2.75) is 5.41 Å². The normalized spacial score (nSPS) is 14.5. The molecule has 0 aromatic heterocycles. The van der Waals surface area contributed by atoms with Gasteiger partial charge in [-0.15, -0.1) is 0 Å². The van der Waals surface area contributed by atoms with E-state index in [4.69, 9.17) is 13.7 Å². The van der Waals surface area contributed by atoms with Crippen molar-refractivity contribution in [2.75, 3.05) is 4.90 Å². The lowest BCUT2D eigenvalue weighted by Gasteiger charge is -2.34. The van der Waals surface area contributed by atoms with E-state index < -0.39 is 41.7 Å². The minimum atomic E-state index is -0.516. The summed E-state index contributed by atoms with van der Waals surface area (Å²) in [6.45, 7) is 0. The largest absolute Gasteiger partial charge is 0.310 e. The molecular weight excluding hydrogens is 795 g/mol. The maximum absolute atomic E-state index is 8.66. The zero-order valence-corrected chi connectivity index (χ0v) is 35.7. The summed E-state index contributed by atoms with van der Waals surface area (Å²) in [4.78, 5) is 2.06. The summed E-state index contributed by atoms with van der Waals surface area (Å²) in [6, 6.07) is 69.0. The first-order valence-electron chi connectivity index (χ1n) is 27.0. The number of rotatable bonds is 9. The highest BCUT2D eigenvalue weighted by Gasteiger charge is 2.46. The van der Waals surface area contributed by atoms with Gasteiger partial charge in [0, 0.05) is 16.8 Å². The third-order valence-electron chi connectivity index (χ3n) is 13.0. The maximum Gasteiger partial charge on any atom is 0.0713 e. The van der Waals surface area contributed by atoms with Crippen LogP contribution in [-0.4, -0.2) is 0 Å². The molecule has 1 heteroatoms. The van der Waals surface area contributed by atoms with Gasteiger partial charge in [-0.1, -0.05) is 236 Å². The first-order valence-corrected chi connectivity index (χ1v) is 22.0. The zero-order valence-electron chi connectivity index (χ0n) is 45.7. The van der Waals surface area contributed by atoms with Gasteiger partial charge >= 0.3 is 0 Å². The lowest BCUT2D eigenvalue weighted by Crippen LogP contribution is -2.28. The molecule has 0 unspecified atom stereocenters. The Hall–Kier alpha value is -8.52. The van der Waals surface area contributed by atoms with Crippen molar-refractivity contribution in [3.8, 4) is 55.6 Å². The van der Waals surface area contributed by atoms with Gasteiger partial charge in [0.15, 0.2) is 0 Å². The van der Waals surface area contributed by atoms with E-state index in [-0.39, 0.29) is 35.3 Å². The SMILES string of the molecule is [2H]c1c([2H])c([2H])c(-c2ccc(N(c3ccc(-c4c([2H])c([2H])c([2H])c([2H])c4[2H])cc3)c3cccc4c(-c5ccc(-c6ccc7c(c6)C(c6ccccc6)(c6ccccc6)c6ccccc6-7)cc5)cccc34)cc2)c([2H])c1[2H]. The van der Waals surface area contributed by atoms with E-state index >= 15 is 0 Å². The van der Waals surface area contributed by atoms with Gasteiger partial charge in [-0.25, -0.2) is 0 Å².